The van der Waals surface area contributed by atoms with E-state index in [0.29, 0.717) is 6.42 Å². The van der Waals surface area contributed by atoms with Crippen LogP contribution in [0.4, 0.5) is 11.4 Å². The Hall–Kier alpha value is -3.53. The molecule has 0 aliphatic carbocycles. The predicted octanol–water partition coefficient (Wildman–Crippen LogP) is 2.68. The molecule has 0 saturated heterocycles. The maximum Gasteiger partial charge on any atom is 0.306 e. The third-order valence-corrected chi connectivity index (χ3v) is 3.95. The Morgan fingerprint density at radius 1 is 1.14 bits per heavy atom. The van der Waals surface area contributed by atoms with E-state index in [0.717, 1.165) is 23.8 Å². The number of non-ortho nitro benzene ring substituents is 1. The van der Waals surface area contributed by atoms with Crippen LogP contribution < -0.4 is 10.6 Å². The summed E-state index contributed by atoms with van der Waals surface area (Å²) >= 11 is 4.94. The van der Waals surface area contributed by atoms with E-state index < -0.39 is 16.8 Å². The van der Waals surface area contributed by atoms with Crippen LogP contribution in [0.1, 0.15) is 18.4 Å². The Bertz CT molecular complexity index is 904. The molecule has 29 heavy (non-hydrogen) atoms. The number of aromatic hydroxyl groups is 1. The van der Waals surface area contributed by atoms with E-state index in [2.05, 4.69) is 10.6 Å². The number of esters is 1. The molecule has 0 spiro atoms. The van der Waals surface area contributed by atoms with E-state index in [1.54, 1.807) is 0 Å². The Morgan fingerprint density at radius 2 is 1.86 bits per heavy atom. The van der Waals surface area contributed by atoms with E-state index in [1.807, 2.05) is 30.3 Å². The lowest BCUT2D eigenvalue weighted by molar-refractivity contribution is -0.384. The van der Waals surface area contributed by atoms with Gasteiger partial charge in [0.05, 0.1) is 23.6 Å². The molecule has 10 heteroatoms. The van der Waals surface area contributed by atoms with Gasteiger partial charge in [-0.3, -0.25) is 19.7 Å². The molecule has 0 aromatic heterocycles. The highest BCUT2D eigenvalue weighted by molar-refractivity contribution is 7.80. The van der Waals surface area contributed by atoms with E-state index in [9.17, 15) is 24.8 Å². The van der Waals surface area contributed by atoms with Gasteiger partial charge in [-0.25, -0.2) is 0 Å². The normalized spacial score (nSPS) is 10.1. The molecule has 0 unspecified atom stereocenters. The molecule has 0 saturated carbocycles. The minimum Gasteiger partial charge on any atom is -0.506 e. The molecule has 0 fully saturated rings. The second-order valence-electron chi connectivity index (χ2n) is 5.92. The summed E-state index contributed by atoms with van der Waals surface area (Å²) in [4.78, 5) is 33.8. The standard InChI is InChI=1S/C19H19N3O6S/c23-16-7-6-14(22(26)27)12-15(16)20-19(29)21-17(24)8-9-18(25)28-11-10-13-4-2-1-3-5-13/h1-7,12,23H,8-11H2,(H2,20,21,24,29). The Balaban J connectivity index is 1.71. The average molecular weight is 417 g/mol. The first-order valence-electron chi connectivity index (χ1n) is 8.63. The quantitative estimate of drug-likeness (QED) is 0.196. The highest BCUT2D eigenvalue weighted by Gasteiger charge is 2.13. The number of carbonyl (C=O) groups is 2. The maximum atomic E-state index is 11.9. The first-order chi connectivity index (χ1) is 13.8. The molecule has 0 bridgehead atoms. The number of rotatable bonds is 8. The van der Waals surface area contributed by atoms with Gasteiger partial charge >= 0.3 is 5.97 Å². The van der Waals surface area contributed by atoms with Gasteiger partial charge in [-0.2, -0.15) is 0 Å². The van der Waals surface area contributed by atoms with Crippen molar-refractivity contribution in [2.75, 3.05) is 11.9 Å². The maximum absolute atomic E-state index is 11.9. The number of hydrogen-bond acceptors (Lipinski definition) is 7. The molecule has 0 aliphatic heterocycles. The van der Waals surface area contributed by atoms with Crippen LogP contribution in [0.3, 0.4) is 0 Å². The van der Waals surface area contributed by atoms with Crippen molar-refractivity contribution in [2.45, 2.75) is 19.3 Å². The van der Waals surface area contributed by atoms with Gasteiger partial charge in [0.2, 0.25) is 5.91 Å². The van der Waals surface area contributed by atoms with E-state index in [1.165, 1.54) is 0 Å². The van der Waals surface area contributed by atoms with Gasteiger partial charge in [0, 0.05) is 25.0 Å². The van der Waals surface area contributed by atoms with Crippen molar-refractivity contribution in [3.8, 4) is 5.75 Å². The molecule has 0 heterocycles. The zero-order chi connectivity index (χ0) is 21.2. The summed E-state index contributed by atoms with van der Waals surface area (Å²) < 4.78 is 5.08. The van der Waals surface area contributed by atoms with Crippen LogP contribution in [0.25, 0.3) is 0 Å². The summed E-state index contributed by atoms with van der Waals surface area (Å²) in [6.45, 7) is 0.219. The molecule has 3 N–H and O–H groups in total. The number of thiocarbonyl (C=S) groups is 1. The van der Waals surface area contributed by atoms with Gasteiger partial charge in [0.1, 0.15) is 5.75 Å². The summed E-state index contributed by atoms with van der Waals surface area (Å²) in [6, 6.07) is 12.9. The Labute approximate surface area is 171 Å². The minimum absolute atomic E-state index is 0.0233. The van der Waals surface area contributed by atoms with Crippen LogP contribution in [0.5, 0.6) is 5.75 Å². The van der Waals surface area contributed by atoms with Crippen LogP contribution >= 0.6 is 12.2 Å². The third kappa shape index (κ3) is 7.54. The van der Waals surface area contributed by atoms with E-state index in [4.69, 9.17) is 17.0 Å². The van der Waals surface area contributed by atoms with Gasteiger partial charge in [0.25, 0.3) is 5.69 Å². The third-order valence-electron chi connectivity index (χ3n) is 3.74. The van der Waals surface area contributed by atoms with Crippen LogP contribution in [0, 0.1) is 10.1 Å². The van der Waals surface area contributed by atoms with Crippen LogP contribution in [-0.4, -0.2) is 33.6 Å². The number of phenolic OH excluding ortho intramolecular Hbond substituents is 1. The summed E-state index contributed by atoms with van der Waals surface area (Å²) in [6.07, 6.45) is 0.317. The lowest BCUT2D eigenvalue weighted by atomic mass is 10.2. The molecule has 0 atom stereocenters. The molecule has 0 radical (unpaired) electrons. The van der Waals surface area contributed by atoms with Crippen molar-refractivity contribution >= 4 is 40.6 Å². The molecule has 9 nitrogen and oxygen atoms in total. The van der Waals surface area contributed by atoms with Gasteiger partial charge < -0.3 is 20.5 Å². The van der Waals surface area contributed by atoms with Crippen molar-refractivity contribution in [3.63, 3.8) is 0 Å². The van der Waals surface area contributed by atoms with Crippen LogP contribution in [0.15, 0.2) is 48.5 Å². The fourth-order valence-corrected chi connectivity index (χ4v) is 2.52. The van der Waals surface area contributed by atoms with Gasteiger partial charge in [-0.1, -0.05) is 30.3 Å². The first kappa shape index (κ1) is 21.8. The summed E-state index contributed by atoms with van der Waals surface area (Å²) in [7, 11) is 0. The van der Waals surface area contributed by atoms with Gasteiger partial charge in [0.15, 0.2) is 5.11 Å². The minimum atomic E-state index is -0.629. The number of nitrogens with one attached hydrogen (secondary N) is 2. The number of nitro groups is 1. The van der Waals surface area contributed by atoms with Crippen LogP contribution in [-0.2, 0) is 20.7 Å². The lowest BCUT2D eigenvalue weighted by Gasteiger charge is -2.10. The molecule has 0 aliphatic rings. The van der Waals surface area contributed by atoms with Gasteiger partial charge in [-0.05, 0) is 23.8 Å². The van der Waals surface area contributed by atoms with Crippen molar-refractivity contribution < 1.29 is 24.4 Å². The fraction of sp³-hybridized carbons (Fsp3) is 0.211. The van der Waals surface area contributed by atoms with E-state index >= 15 is 0 Å². The number of ether oxygens (including phenoxy) is 1. The van der Waals surface area contributed by atoms with Crippen molar-refractivity contribution in [1.82, 2.24) is 5.32 Å². The molecule has 2 rings (SSSR count). The Kier molecular flexibility index (Phi) is 8.04. The SMILES string of the molecule is O=C(CCC(=O)OCCc1ccccc1)NC(=S)Nc1cc([N+](=O)[O-])ccc1O. The largest absolute Gasteiger partial charge is 0.506 e. The molecule has 2 aromatic carbocycles. The summed E-state index contributed by atoms with van der Waals surface area (Å²) in [5, 5.41) is 25.2. The number of nitrogens with zero attached hydrogens (tertiary/aromatic N) is 1. The van der Waals surface area contributed by atoms with Crippen molar-refractivity contribution in [3.05, 3.63) is 64.2 Å². The average Bonchev–Trinajstić information content (AvgIpc) is 2.68. The zero-order valence-electron chi connectivity index (χ0n) is 15.3. The molecular formula is C19H19N3O6S. The summed E-state index contributed by atoms with van der Waals surface area (Å²) in [5.74, 6) is -1.31. The molecular weight excluding hydrogens is 398 g/mol. The number of anilines is 1. The number of carbonyl (C=O) groups excluding carboxylic acids is 2. The smallest absolute Gasteiger partial charge is 0.306 e. The van der Waals surface area contributed by atoms with Gasteiger partial charge in [-0.15, -0.1) is 0 Å². The number of nitro benzene ring substituents is 1. The molecule has 152 valence electrons. The first-order valence-corrected chi connectivity index (χ1v) is 9.04. The lowest BCUT2D eigenvalue weighted by Crippen LogP contribution is -2.34. The number of amides is 1. The van der Waals surface area contributed by atoms with E-state index in [-0.39, 0.29) is 41.7 Å². The predicted molar refractivity (Wildman–Crippen MR) is 109 cm³/mol. The molecule has 2 aromatic rings. The van der Waals surface area contributed by atoms with Crippen LogP contribution in [0.2, 0.25) is 0 Å². The monoisotopic (exact) mass is 417 g/mol. The highest BCUT2D eigenvalue weighted by Crippen LogP contribution is 2.27. The fourth-order valence-electron chi connectivity index (χ4n) is 2.30. The highest BCUT2D eigenvalue weighted by atomic mass is 32.1. The summed E-state index contributed by atoms with van der Waals surface area (Å²) in [5.41, 5.74) is 0.765. The second kappa shape index (κ2) is 10.7. The van der Waals surface area contributed by atoms with Crippen molar-refractivity contribution in [2.24, 2.45) is 0 Å². The number of hydrogen-bond donors (Lipinski definition) is 3. The zero-order valence-corrected chi connectivity index (χ0v) is 16.1. The second-order valence-corrected chi connectivity index (χ2v) is 6.33. The number of phenols is 1. The van der Waals surface area contributed by atoms with Crippen molar-refractivity contribution in [1.29, 1.82) is 0 Å². The Morgan fingerprint density at radius 3 is 2.55 bits per heavy atom. The molecule has 1 amide bonds. The topological polar surface area (TPSA) is 131 Å². The number of benzene rings is 2.